The number of aromatic nitrogens is 2. The zero-order valence-corrected chi connectivity index (χ0v) is 17.5. The number of methoxy groups -OCH3 is 1. The van der Waals surface area contributed by atoms with Crippen LogP contribution < -0.4 is 15.0 Å². The molecule has 2 heterocycles. The molecule has 0 fully saturated rings. The van der Waals surface area contributed by atoms with E-state index >= 15 is 0 Å². The first-order valence-corrected chi connectivity index (χ1v) is 9.97. The van der Waals surface area contributed by atoms with Crippen LogP contribution in [0.3, 0.4) is 0 Å². The predicted octanol–water partition coefficient (Wildman–Crippen LogP) is 4.18. The van der Waals surface area contributed by atoms with Crippen molar-refractivity contribution in [1.82, 2.24) is 14.9 Å². The van der Waals surface area contributed by atoms with Gasteiger partial charge in [0.25, 0.3) is 0 Å². The van der Waals surface area contributed by atoms with Crippen LogP contribution in [0.1, 0.15) is 20.3 Å². The molecule has 1 aromatic heterocycles. The van der Waals surface area contributed by atoms with E-state index in [1.807, 2.05) is 6.07 Å². The fourth-order valence-electron chi connectivity index (χ4n) is 3.82. The highest BCUT2D eigenvalue weighted by molar-refractivity contribution is 5.67. The Kier molecular flexibility index (Phi) is 5.45. The van der Waals surface area contributed by atoms with Gasteiger partial charge in [-0.1, -0.05) is 13.0 Å². The van der Waals surface area contributed by atoms with Crippen molar-refractivity contribution < 1.29 is 14.1 Å². The minimum absolute atomic E-state index is 0.115. The van der Waals surface area contributed by atoms with Crippen LogP contribution >= 0.6 is 0 Å². The molecular formula is C21H23FN6O3. The number of nitrogens with one attached hydrogen (secondary N) is 1. The van der Waals surface area contributed by atoms with Crippen LogP contribution in [0.15, 0.2) is 47.9 Å². The highest BCUT2D eigenvalue weighted by atomic mass is 19.1. The van der Waals surface area contributed by atoms with Gasteiger partial charge in [0, 0.05) is 30.6 Å². The van der Waals surface area contributed by atoms with Crippen molar-refractivity contribution in [3.8, 4) is 5.75 Å². The van der Waals surface area contributed by atoms with Gasteiger partial charge in [0.15, 0.2) is 0 Å². The summed E-state index contributed by atoms with van der Waals surface area (Å²) < 4.78 is 19.1. The molecule has 1 aliphatic heterocycles. The maximum atomic E-state index is 13.9. The van der Waals surface area contributed by atoms with Crippen molar-refractivity contribution in [3.63, 3.8) is 0 Å². The van der Waals surface area contributed by atoms with Crippen LogP contribution in [-0.4, -0.2) is 40.1 Å². The third-order valence-electron chi connectivity index (χ3n) is 5.39. The molecule has 1 atom stereocenters. The van der Waals surface area contributed by atoms with Crippen molar-refractivity contribution in [2.24, 2.45) is 5.92 Å². The number of halogens is 1. The summed E-state index contributed by atoms with van der Waals surface area (Å²) in [7, 11) is 1.36. The summed E-state index contributed by atoms with van der Waals surface area (Å²) in [5.74, 6) is 0.538. The van der Waals surface area contributed by atoms with Gasteiger partial charge in [-0.25, -0.2) is 4.98 Å². The normalized spacial score (nSPS) is 17.7. The fourth-order valence-corrected chi connectivity index (χ4v) is 3.82. The summed E-state index contributed by atoms with van der Waals surface area (Å²) in [5.41, 5.74) is 1.95. The molecule has 9 nitrogen and oxygen atoms in total. The number of hydrogen-bond donors (Lipinski definition) is 1. The van der Waals surface area contributed by atoms with Gasteiger partial charge in [-0.2, -0.15) is 9.37 Å². The first-order valence-electron chi connectivity index (χ1n) is 9.97. The molecule has 0 radical (unpaired) electrons. The van der Waals surface area contributed by atoms with Gasteiger partial charge >= 0.3 is 5.69 Å². The zero-order chi connectivity index (χ0) is 22.1. The Bertz CT molecular complexity index is 1090. The largest absolute Gasteiger partial charge is 0.494 e. The van der Waals surface area contributed by atoms with E-state index < -0.39 is 16.4 Å². The molecule has 162 valence electrons. The first-order chi connectivity index (χ1) is 14.9. The molecule has 0 spiro atoms. The molecule has 10 heteroatoms. The highest BCUT2D eigenvalue weighted by Crippen LogP contribution is 2.37. The first kappa shape index (κ1) is 20.6. The Morgan fingerprint density at radius 2 is 2.23 bits per heavy atom. The van der Waals surface area contributed by atoms with Crippen molar-refractivity contribution >= 4 is 23.1 Å². The standard InChI is InChI=1S/C21H23FN6O3/c1-4-26-12-27(16-6-5-13(2)9-18(16)26)20-7-8-23-21(25-20)24-15-11-17(28(29)30)14(22)10-19(15)31-3/h5-8,10-11,13H,4,9,12H2,1-3H3,(H,23,24,25). The molecule has 0 saturated heterocycles. The number of rotatable bonds is 6. The second kappa shape index (κ2) is 8.21. The Morgan fingerprint density at radius 3 is 2.94 bits per heavy atom. The molecule has 0 saturated carbocycles. The predicted molar refractivity (Wildman–Crippen MR) is 115 cm³/mol. The van der Waals surface area contributed by atoms with E-state index in [0.717, 1.165) is 30.8 Å². The van der Waals surface area contributed by atoms with Crippen LogP contribution in [0.5, 0.6) is 5.75 Å². The number of nitrogens with zero attached hydrogens (tertiary/aromatic N) is 5. The molecule has 1 aliphatic carbocycles. The molecule has 31 heavy (non-hydrogen) atoms. The summed E-state index contributed by atoms with van der Waals surface area (Å²) in [4.78, 5) is 23.6. The van der Waals surface area contributed by atoms with Gasteiger partial charge in [-0.15, -0.1) is 0 Å². The summed E-state index contributed by atoms with van der Waals surface area (Å²) in [6, 6.07) is 3.85. The van der Waals surface area contributed by atoms with Gasteiger partial charge in [0.1, 0.15) is 11.6 Å². The summed E-state index contributed by atoms with van der Waals surface area (Å²) in [5, 5.41) is 14.0. The van der Waals surface area contributed by atoms with Crippen LogP contribution in [-0.2, 0) is 0 Å². The summed E-state index contributed by atoms with van der Waals surface area (Å²) in [6.07, 6.45) is 6.90. The van der Waals surface area contributed by atoms with Crippen molar-refractivity contribution in [3.05, 3.63) is 63.9 Å². The number of anilines is 3. The maximum Gasteiger partial charge on any atom is 0.307 e. The van der Waals surface area contributed by atoms with Crippen molar-refractivity contribution in [2.75, 3.05) is 30.5 Å². The third-order valence-corrected chi connectivity index (χ3v) is 5.39. The Balaban J connectivity index is 1.65. The van der Waals surface area contributed by atoms with Crippen LogP contribution in [0, 0.1) is 21.8 Å². The number of benzene rings is 1. The molecule has 0 bridgehead atoms. The van der Waals surface area contributed by atoms with Gasteiger partial charge < -0.3 is 19.9 Å². The summed E-state index contributed by atoms with van der Waals surface area (Å²) in [6.45, 7) is 5.89. The second-order valence-corrected chi connectivity index (χ2v) is 7.42. The quantitative estimate of drug-likeness (QED) is 0.543. The van der Waals surface area contributed by atoms with Gasteiger partial charge in [0.2, 0.25) is 11.8 Å². The van der Waals surface area contributed by atoms with E-state index in [-0.39, 0.29) is 17.4 Å². The number of nitro groups is 1. The number of nitro benzene ring substituents is 1. The monoisotopic (exact) mass is 426 g/mol. The van der Waals surface area contributed by atoms with Gasteiger partial charge in [-0.3, -0.25) is 10.1 Å². The van der Waals surface area contributed by atoms with Crippen LogP contribution in [0.4, 0.5) is 27.5 Å². The zero-order valence-electron chi connectivity index (χ0n) is 17.5. The van der Waals surface area contributed by atoms with E-state index in [4.69, 9.17) is 4.74 Å². The molecule has 2 aromatic rings. The Hall–Kier alpha value is -3.69. The number of allylic oxidation sites excluding steroid dienone is 3. The minimum Gasteiger partial charge on any atom is -0.494 e. The fraction of sp³-hybridized carbons (Fsp3) is 0.333. The van der Waals surface area contributed by atoms with Crippen LogP contribution in [0.25, 0.3) is 0 Å². The lowest BCUT2D eigenvalue weighted by Gasteiger charge is -2.22. The highest BCUT2D eigenvalue weighted by Gasteiger charge is 2.31. The SMILES string of the molecule is CCN1CN(c2ccnc(Nc3cc([N+](=O)[O-])c(F)cc3OC)n2)C2=C1CC(C)C=C2. The lowest BCUT2D eigenvalue weighted by atomic mass is 9.98. The molecular weight excluding hydrogens is 403 g/mol. The minimum atomic E-state index is -0.975. The van der Waals surface area contributed by atoms with E-state index in [9.17, 15) is 14.5 Å². The van der Waals surface area contributed by atoms with E-state index in [1.165, 1.54) is 12.8 Å². The smallest absolute Gasteiger partial charge is 0.307 e. The van der Waals surface area contributed by atoms with Crippen molar-refractivity contribution in [2.45, 2.75) is 20.3 Å². The molecule has 0 amide bonds. The van der Waals surface area contributed by atoms with Gasteiger partial charge in [-0.05, 0) is 31.4 Å². The Morgan fingerprint density at radius 1 is 1.42 bits per heavy atom. The topological polar surface area (TPSA) is 96.7 Å². The molecule has 1 N–H and O–H groups in total. The number of hydrogen-bond acceptors (Lipinski definition) is 8. The lowest BCUT2D eigenvalue weighted by Crippen LogP contribution is -2.28. The summed E-state index contributed by atoms with van der Waals surface area (Å²) >= 11 is 0. The third kappa shape index (κ3) is 3.88. The van der Waals surface area contributed by atoms with Gasteiger partial charge in [0.05, 0.1) is 30.1 Å². The molecule has 2 aliphatic rings. The van der Waals surface area contributed by atoms with E-state index in [0.29, 0.717) is 18.4 Å². The maximum absolute atomic E-state index is 13.9. The van der Waals surface area contributed by atoms with E-state index in [2.05, 4.69) is 51.1 Å². The Labute approximate surface area is 179 Å². The molecule has 1 unspecified atom stereocenters. The van der Waals surface area contributed by atoms with E-state index in [1.54, 1.807) is 6.20 Å². The second-order valence-electron chi connectivity index (χ2n) is 7.42. The molecule has 1 aromatic carbocycles. The average Bonchev–Trinajstić information content (AvgIpc) is 3.12. The van der Waals surface area contributed by atoms with Crippen molar-refractivity contribution in [1.29, 1.82) is 0 Å². The average molecular weight is 426 g/mol. The number of ether oxygens (including phenoxy) is 1. The molecule has 4 rings (SSSR count). The lowest BCUT2D eigenvalue weighted by molar-refractivity contribution is -0.387. The van der Waals surface area contributed by atoms with Crippen LogP contribution in [0.2, 0.25) is 0 Å².